The molecule has 9 heteroatoms. The van der Waals surface area contributed by atoms with Gasteiger partial charge in [-0.15, -0.1) is 0 Å². The zero-order chi connectivity index (χ0) is 21.2. The standard InChI is InChI=1S/C21H18N2O7/c24-16(10-2-1-3-11(6-10)23(28)29)9-30-17(25)8-22-20(26)18-12-4-5-13(15-7-14(12)15)19(18)21(22)27/h1-6,12-15,18-19H,7-9H2/t12-,13-,14-,15+,18-,19+/m0/s1. The molecule has 6 rings (SSSR count). The fraction of sp³-hybridized carbons (Fsp3) is 0.429. The van der Waals surface area contributed by atoms with Gasteiger partial charge >= 0.3 is 5.97 Å². The number of nitro benzene ring substituents is 1. The van der Waals surface area contributed by atoms with E-state index in [4.69, 9.17) is 4.74 Å². The number of esters is 1. The third-order valence-electron chi connectivity index (χ3n) is 6.78. The highest BCUT2D eigenvalue weighted by Crippen LogP contribution is 2.65. The molecule has 0 radical (unpaired) electrons. The van der Waals surface area contributed by atoms with Crippen LogP contribution in [0, 0.1) is 45.6 Å². The summed E-state index contributed by atoms with van der Waals surface area (Å²) in [5, 5.41) is 10.8. The van der Waals surface area contributed by atoms with Crippen LogP contribution >= 0.6 is 0 Å². The lowest BCUT2D eigenvalue weighted by atomic mass is 9.63. The first-order valence-electron chi connectivity index (χ1n) is 9.83. The van der Waals surface area contributed by atoms with Crippen LogP contribution in [0.25, 0.3) is 0 Å². The maximum atomic E-state index is 12.8. The number of non-ortho nitro benzene ring substituents is 1. The summed E-state index contributed by atoms with van der Waals surface area (Å²) in [5.74, 6) is -1.85. The first-order valence-corrected chi connectivity index (χ1v) is 9.83. The fourth-order valence-electron chi connectivity index (χ4n) is 5.37. The molecule has 30 heavy (non-hydrogen) atoms. The molecule has 5 aliphatic rings. The summed E-state index contributed by atoms with van der Waals surface area (Å²) >= 11 is 0. The Bertz CT molecular complexity index is 996. The van der Waals surface area contributed by atoms with Crippen molar-refractivity contribution in [3.8, 4) is 0 Å². The van der Waals surface area contributed by atoms with Crippen molar-refractivity contribution in [2.75, 3.05) is 13.2 Å². The quantitative estimate of drug-likeness (QED) is 0.173. The van der Waals surface area contributed by atoms with E-state index in [0.29, 0.717) is 11.8 Å². The molecule has 2 bridgehead atoms. The summed E-state index contributed by atoms with van der Waals surface area (Å²) in [6.45, 7) is -1.15. The highest BCUT2D eigenvalue weighted by atomic mass is 16.6. The molecule has 2 saturated carbocycles. The number of likely N-dealkylation sites (tertiary alicyclic amines) is 1. The number of Topliss-reactive ketones (excluding diaryl/α,β-unsaturated/α-hetero) is 1. The second-order valence-electron chi connectivity index (χ2n) is 8.31. The molecule has 1 aromatic carbocycles. The maximum Gasteiger partial charge on any atom is 0.326 e. The molecule has 1 saturated heterocycles. The maximum absolute atomic E-state index is 12.8. The van der Waals surface area contributed by atoms with Crippen molar-refractivity contribution in [1.82, 2.24) is 4.90 Å². The molecule has 3 fully saturated rings. The predicted molar refractivity (Wildman–Crippen MR) is 99.8 cm³/mol. The van der Waals surface area contributed by atoms with Crippen molar-refractivity contribution in [2.24, 2.45) is 35.5 Å². The molecule has 0 aromatic heterocycles. The lowest BCUT2D eigenvalue weighted by Crippen LogP contribution is -2.40. The van der Waals surface area contributed by atoms with Crippen LogP contribution in [0.4, 0.5) is 5.69 Å². The van der Waals surface area contributed by atoms with Crippen molar-refractivity contribution in [3.63, 3.8) is 0 Å². The van der Waals surface area contributed by atoms with E-state index in [2.05, 4.69) is 0 Å². The fourth-order valence-corrected chi connectivity index (χ4v) is 5.37. The minimum Gasteiger partial charge on any atom is -0.456 e. The molecular weight excluding hydrogens is 392 g/mol. The topological polar surface area (TPSA) is 124 Å². The molecule has 2 amide bonds. The Morgan fingerprint density at radius 3 is 2.33 bits per heavy atom. The van der Waals surface area contributed by atoms with Crippen LogP contribution in [-0.4, -0.2) is 46.5 Å². The summed E-state index contributed by atoms with van der Waals surface area (Å²) in [6.07, 6.45) is 5.15. The van der Waals surface area contributed by atoms with E-state index in [9.17, 15) is 29.3 Å². The van der Waals surface area contributed by atoms with Gasteiger partial charge in [0.05, 0.1) is 16.8 Å². The first kappa shape index (κ1) is 18.7. The van der Waals surface area contributed by atoms with Gasteiger partial charge in [0, 0.05) is 17.7 Å². The van der Waals surface area contributed by atoms with Crippen LogP contribution in [0.15, 0.2) is 36.4 Å². The van der Waals surface area contributed by atoms with Gasteiger partial charge in [0.2, 0.25) is 17.6 Å². The first-order chi connectivity index (χ1) is 14.4. The Hall–Kier alpha value is -3.36. The number of ether oxygens (including phenoxy) is 1. The van der Waals surface area contributed by atoms with E-state index in [1.54, 1.807) is 0 Å². The van der Waals surface area contributed by atoms with Gasteiger partial charge in [0.15, 0.2) is 6.61 Å². The third kappa shape index (κ3) is 2.76. The lowest BCUT2D eigenvalue weighted by Gasteiger charge is -2.37. The SMILES string of the molecule is O=C(CN1C(=O)[C@@H]2[C@H]3C=C[C@@H]([C@@H]4C[C@H]34)[C@@H]2C1=O)OCC(=O)c1cccc([N+](=O)[O-])c1. The number of carbonyl (C=O) groups is 4. The Kier molecular flexibility index (Phi) is 4.09. The minimum absolute atomic E-state index is 0.0400. The van der Waals surface area contributed by atoms with Gasteiger partial charge in [-0.1, -0.05) is 24.3 Å². The number of carbonyl (C=O) groups excluding carboxylic acids is 4. The van der Waals surface area contributed by atoms with Gasteiger partial charge < -0.3 is 4.74 Å². The number of amides is 2. The Balaban J connectivity index is 1.21. The number of hydrogen-bond acceptors (Lipinski definition) is 7. The average Bonchev–Trinajstić information content (AvgIpc) is 3.53. The number of ketones is 1. The summed E-state index contributed by atoms with van der Waals surface area (Å²) in [4.78, 5) is 61.2. The summed E-state index contributed by atoms with van der Waals surface area (Å²) < 4.78 is 4.95. The van der Waals surface area contributed by atoms with Gasteiger partial charge in [-0.25, -0.2) is 0 Å². The number of rotatable bonds is 6. The largest absolute Gasteiger partial charge is 0.456 e. The molecule has 4 aliphatic carbocycles. The van der Waals surface area contributed by atoms with Crippen LogP contribution in [0.3, 0.4) is 0 Å². The Morgan fingerprint density at radius 2 is 1.73 bits per heavy atom. The molecule has 0 N–H and O–H groups in total. The van der Waals surface area contributed by atoms with E-state index < -0.39 is 41.7 Å². The zero-order valence-corrected chi connectivity index (χ0v) is 15.8. The van der Waals surface area contributed by atoms with Crippen molar-refractivity contribution >= 4 is 29.3 Å². The van der Waals surface area contributed by atoms with Crippen LogP contribution in [0.1, 0.15) is 16.8 Å². The zero-order valence-electron chi connectivity index (χ0n) is 15.8. The number of allylic oxidation sites excluding steroid dienone is 2. The molecular formula is C21H18N2O7. The molecule has 1 aliphatic heterocycles. The highest BCUT2D eigenvalue weighted by molar-refractivity contribution is 6.08. The molecule has 0 unspecified atom stereocenters. The van der Waals surface area contributed by atoms with E-state index >= 15 is 0 Å². The van der Waals surface area contributed by atoms with Crippen molar-refractivity contribution in [2.45, 2.75) is 6.42 Å². The van der Waals surface area contributed by atoms with Gasteiger partial charge in [-0.3, -0.25) is 34.2 Å². The number of nitrogens with zero attached hydrogens (tertiary/aromatic N) is 2. The smallest absolute Gasteiger partial charge is 0.326 e. The number of benzene rings is 1. The Labute approximate surface area is 170 Å². The lowest BCUT2D eigenvalue weighted by molar-refractivity contribution is -0.384. The monoisotopic (exact) mass is 410 g/mol. The van der Waals surface area contributed by atoms with Gasteiger partial charge in [-0.05, 0) is 30.1 Å². The van der Waals surface area contributed by atoms with Gasteiger partial charge in [0.1, 0.15) is 6.54 Å². The predicted octanol–water partition coefficient (Wildman–Crippen LogP) is 1.37. The molecule has 1 heterocycles. The third-order valence-corrected chi connectivity index (χ3v) is 6.78. The van der Waals surface area contributed by atoms with Crippen LogP contribution in [0.2, 0.25) is 0 Å². The number of hydrogen-bond donors (Lipinski definition) is 0. The molecule has 154 valence electrons. The van der Waals surface area contributed by atoms with E-state index in [1.165, 1.54) is 18.2 Å². The number of imide groups is 1. The molecule has 9 nitrogen and oxygen atoms in total. The normalized spacial score (nSPS) is 32.6. The van der Waals surface area contributed by atoms with Gasteiger partial charge in [0.25, 0.3) is 5.69 Å². The van der Waals surface area contributed by atoms with E-state index in [0.717, 1.165) is 17.4 Å². The minimum atomic E-state index is -0.861. The highest BCUT2D eigenvalue weighted by Gasteiger charge is 2.67. The summed E-state index contributed by atoms with van der Waals surface area (Å²) in [7, 11) is 0. The molecule has 1 aromatic rings. The molecule has 0 spiro atoms. The van der Waals surface area contributed by atoms with E-state index in [1.807, 2.05) is 12.2 Å². The second kappa shape index (κ2) is 6.58. The van der Waals surface area contributed by atoms with Crippen molar-refractivity contribution < 1.29 is 28.8 Å². The number of nitro groups is 1. The Morgan fingerprint density at radius 1 is 1.10 bits per heavy atom. The molecule has 6 atom stereocenters. The van der Waals surface area contributed by atoms with Crippen molar-refractivity contribution in [1.29, 1.82) is 0 Å². The summed E-state index contributed by atoms with van der Waals surface area (Å²) in [6, 6.07) is 5.10. The average molecular weight is 410 g/mol. The second-order valence-corrected chi connectivity index (χ2v) is 8.31. The van der Waals surface area contributed by atoms with Gasteiger partial charge in [-0.2, -0.15) is 0 Å². The van der Waals surface area contributed by atoms with Crippen LogP contribution in [0.5, 0.6) is 0 Å². The van der Waals surface area contributed by atoms with Crippen LogP contribution < -0.4 is 0 Å². The summed E-state index contributed by atoms with van der Waals surface area (Å²) in [5.41, 5.74) is -0.206. The van der Waals surface area contributed by atoms with Crippen molar-refractivity contribution in [3.05, 3.63) is 52.1 Å². The van der Waals surface area contributed by atoms with E-state index in [-0.39, 0.29) is 34.9 Å². The van der Waals surface area contributed by atoms with Crippen LogP contribution in [-0.2, 0) is 19.1 Å².